The maximum Gasteiger partial charge on any atom is 0.0589 e. The van der Waals surface area contributed by atoms with Gasteiger partial charge < -0.3 is 15.2 Å². The predicted octanol–water partition coefficient (Wildman–Crippen LogP) is 1.24. The Kier molecular flexibility index (Phi) is 7.60. The maximum atomic E-state index is 5.66. The second-order valence-electron chi connectivity index (χ2n) is 4.29. The molecule has 0 aliphatic carbocycles. The molecule has 102 valence electrons. The van der Waals surface area contributed by atoms with Crippen LogP contribution in [0.4, 0.5) is 0 Å². The molecule has 0 aliphatic heterocycles. The van der Waals surface area contributed by atoms with E-state index in [-0.39, 0.29) is 0 Å². The number of nitrogens with two attached hydrogens (primary N) is 1. The average molecular weight is 252 g/mol. The van der Waals surface area contributed by atoms with Gasteiger partial charge in [-0.15, -0.1) is 0 Å². The number of nitrogens with zero attached hydrogens (tertiary/aromatic N) is 1. The first kappa shape index (κ1) is 15.1. The summed E-state index contributed by atoms with van der Waals surface area (Å²) < 4.78 is 10.3. The molecule has 0 heterocycles. The lowest BCUT2D eigenvalue weighted by molar-refractivity contribution is 0.110. The molecule has 0 bridgehead atoms. The third kappa shape index (κ3) is 5.60. The fourth-order valence-corrected chi connectivity index (χ4v) is 1.82. The number of hydrogen-bond acceptors (Lipinski definition) is 4. The lowest BCUT2D eigenvalue weighted by atomic mass is 10.1. The number of hydrogen-bond donors (Lipinski definition) is 1. The predicted molar refractivity (Wildman–Crippen MR) is 73.4 cm³/mol. The molecule has 0 aromatic heterocycles. The third-order valence-corrected chi connectivity index (χ3v) is 2.86. The van der Waals surface area contributed by atoms with Gasteiger partial charge in [0.25, 0.3) is 0 Å². The van der Waals surface area contributed by atoms with Gasteiger partial charge in [0, 0.05) is 40.4 Å². The number of benzene rings is 1. The summed E-state index contributed by atoms with van der Waals surface area (Å²) in [7, 11) is 3.45. The standard InChI is InChI=1S/C14H24N2O2/c1-17-8-6-16(7-9-18-2)12-14-5-3-4-13(10-14)11-15/h3-5,10H,6-9,11-12,15H2,1-2H3. The molecule has 4 nitrogen and oxygen atoms in total. The van der Waals surface area contributed by atoms with Crippen molar-refractivity contribution in [3.05, 3.63) is 35.4 Å². The summed E-state index contributed by atoms with van der Waals surface area (Å²) in [6.07, 6.45) is 0. The molecule has 0 unspecified atom stereocenters. The first-order chi connectivity index (χ1) is 8.80. The molecular weight excluding hydrogens is 228 g/mol. The van der Waals surface area contributed by atoms with E-state index < -0.39 is 0 Å². The zero-order chi connectivity index (χ0) is 13.2. The van der Waals surface area contributed by atoms with Crippen LogP contribution < -0.4 is 5.73 Å². The van der Waals surface area contributed by atoms with Gasteiger partial charge in [-0.1, -0.05) is 24.3 Å². The molecule has 0 spiro atoms. The van der Waals surface area contributed by atoms with Crippen molar-refractivity contribution in [3.8, 4) is 0 Å². The first-order valence-corrected chi connectivity index (χ1v) is 6.28. The summed E-state index contributed by atoms with van der Waals surface area (Å²) >= 11 is 0. The van der Waals surface area contributed by atoms with Crippen LogP contribution in [0, 0.1) is 0 Å². The van der Waals surface area contributed by atoms with Gasteiger partial charge in [-0.25, -0.2) is 0 Å². The van der Waals surface area contributed by atoms with Gasteiger partial charge in [-0.2, -0.15) is 0 Å². The fraction of sp³-hybridized carbons (Fsp3) is 0.571. The summed E-state index contributed by atoms with van der Waals surface area (Å²) in [4.78, 5) is 2.32. The van der Waals surface area contributed by atoms with Crippen LogP contribution in [-0.4, -0.2) is 45.4 Å². The Balaban J connectivity index is 2.56. The molecule has 0 saturated heterocycles. The van der Waals surface area contributed by atoms with Gasteiger partial charge >= 0.3 is 0 Å². The highest BCUT2D eigenvalue weighted by Crippen LogP contribution is 2.08. The zero-order valence-corrected chi connectivity index (χ0v) is 11.4. The lowest BCUT2D eigenvalue weighted by Crippen LogP contribution is -2.30. The monoisotopic (exact) mass is 252 g/mol. The largest absolute Gasteiger partial charge is 0.383 e. The molecule has 1 aromatic carbocycles. The maximum absolute atomic E-state index is 5.66. The van der Waals surface area contributed by atoms with Crippen LogP contribution >= 0.6 is 0 Å². The summed E-state index contributed by atoms with van der Waals surface area (Å²) in [5.74, 6) is 0. The molecular formula is C14H24N2O2. The van der Waals surface area contributed by atoms with Gasteiger partial charge in [-0.05, 0) is 11.1 Å². The second-order valence-corrected chi connectivity index (χ2v) is 4.29. The van der Waals surface area contributed by atoms with E-state index in [1.165, 1.54) is 11.1 Å². The highest BCUT2D eigenvalue weighted by atomic mass is 16.5. The molecule has 0 fully saturated rings. The van der Waals surface area contributed by atoms with Crippen molar-refractivity contribution in [2.45, 2.75) is 13.1 Å². The molecule has 2 N–H and O–H groups in total. The number of ether oxygens (including phenoxy) is 2. The molecule has 1 rings (SSSR count). The van der Waals surface area contributed by atoms with Crippen LogP contribution in [0.3, 0.4) is 0 Å². The van der Waals surface area contributed by atoms with Crippen molar-refractivity contribution >= 4 is 0 Å². The highest BCUT2D eigenvalue weighted by Gasteiger charge is 2.06. The van der Waals surface area contributed by atoms with E-state index in [0.717, 1.165) is 32.8 Å². The quantitative estimate of drug-likeness (QED) is 0.718. The van der Waals surface area contributed by atoms with Crippen molar-refractivity contribution in [3.63, 3.8) is 0 Å². The van der Waals surface area contributed by atoms with Crippen molar-refractivity contribution in [2.75, 3.05) is 40.5 Å². The molecule has 0 atom stereocenters. The molecule has 0 radical (unpaired) electrons. The van der Waals surface area contributed by atoms with Gasteiger partial charge in [0.1, 0.15) is 0 Å². The second kappa shape index (κ2) is 9.05. The minimum Gasteiger partial charge on any atom is -0.383 e. The lowest BCUT2D eigenvalue weighted by Gasteiger charge is -2.21. The molecule has 18 heavy (non-hydrogen) atoms. The van der Waals surface area contributed by atoms with E-state index in [1.54, 1.807) is 14.2 Å². The normalized spacial score (nSPS) is 11.1. The molecule has 0 amide bonds. The van der Waals surface area contributed by atoms with Crippen molar-refractivity contribution in [1.29, 1.82) is 0 Å². The Morgan fingerprint density at radius 1 is 1.06 bits per heavy atom. The van der Waals surface area contributed by atoms with E-state index in [4.69, 9.17) is 15.2 Å². The number of methoxy groups -OCH3 is 2. The smallest absolute Gasteiger partial charge is 0.0589 e. The van der Waals surface area contributed by atoms with E-state index >= 15 is 0 Å². The zero-order valence-electron chi connectivity index (χ0n) is 11.4. The Hall–Kier alpha value is -0.940. The minimum absolute atomic E-state index is 0.587. The molecule has 0 saturated carbocycles. The SMILES string of the molecule is COCCN(CCOC)Cc1cccc(CN)c1. The average Bonchev–Trinajstić information content (AvgIpc) is 2.42. The van der Waals surface area contributed by atoms with Crippen molar-refractivity contribution in [1.82, 2.24) is 4.90 Å². The van der Waals surface area contributed by atoms with E-state index in [9.17, 15) is 0 Å². The van der Waals surface area contributed by atoms with Gasteiger partial charge in [0.15, 0.2) is 0 Å². The molecule has 1 aromatic rings. The van der Waals surface area contributed by atoms with Gasteiger partial charge in [-0.3, -0.25) is 4.90 Å². The van der Waals surface area contributed by atoms with E-state index in [2.05, 4.69) is 29.2 Å². The topological polar surface area (TPSA) is 47.7 Å². The van der Waals surface area contributed by atoms with Crippen LogP contribution in [0.25, 0.3) is 0 Å². The summed E-state index contributed by atoms with van der Waals surface area (Å²) in [6, 6.07) is 8.40. The highest BCUT2D eigenvalue weighted by molar-refractivity contribution is 5.23. The summed E-state index contributed by atoms with van der Waals surface area (Å²) in [6.45, 7) is 4.78. The third-order valence-electron chi connectivity index (χ3n) is 2.86. The van der Waals surface area contributed by atoms with Crippen molar-refractivity contribution < 1.29 is 9.47 Å². The molecule has 4 heteroatoms. The Bertz CT molecular complexity index is 323. The first-order valence-electron chi connectivity index (χ1n) is 6.28. The van der Waals surface area contributed by atoms with Crippen LogP contribution in [-0.2, 0) is 22.6 Å². The van der Waals surface area contributed by atoms with Crippen LogP contribution in [0.2, 0.25) is 0 Å². The Morgan fingerprint density at radius 2 is 1.67 bits per heavy atom. The summed E-state index contributed by atoms with van der Waals surface area (Å²) in [5.41, 5.74) is 8.11. The van der Waals surface area contributed by atoms with Gasteiger partial charge in [0.2, 0.25) is 0 Å². The van der Waals surface area contributed by atoms with Crippen LogP contribution in [0.5, 0.6) is 0 Å². The van der Waals surface area contributed by atoms with Crippen LogP contribution in [0.15, 0.2) is 24.3 Å². The van der Waals surface area contributed by atoms with E-state index in [1.807, 2.05) is 0 Å². The van der Waals surface area contributed by atoms with Crippen molar-refractivity contribution in [2.24, 2.45) is 5.73 Å². The van der Waals surface area contributed by atoms with E-state index in [0.29, 0.717) is 6.54 Å². The Labute approximate surface area is 110 Å². The summed E-state index contributed by atoms with van der Waals surface area (Å²) in [5, 5.41) is 0. The minimum atomic E-state index is 0.587. The Morgan fingerprint density at radius 3 is 2.22 bits per heavy atom. The fourth-order valence-electron chi connectivity index (χ4n) is 1.82. The number of rotatable bonds is 9. The van der Waals surface area contributed by atoms with Gasteiger partial charge in [0.05, 0.1) is 13.2 Å². The van der Waals surface area contributed by atoms with Crippen LogP contribution in [0.1, 0.15) is 11.1 Å². The molecule has 0 aliphatic rings.